The van der Waals surface area contributed by atoms with Crippen LogP contribution in [0.25, 0.3) is 0 Å². The second-order valence-electron chi connectivity index (χ2n) is 1.02. The molecule has 0 aliphatic rings. The summed E-state index contributed by atoms with van der Waals surface area (Å²) in [6.45, 7) is 0. The maximum atomic E-state index is 6.93. The molecular formula is C4H4I2N2. The van der Waals surface area contributed by atoms with Crippen molar-refractivity contribution in [3.05, 3.63) is 9.66 Å². The molecule has 0 saturated heterocycles. The van der Waals surface area contributed by atoms with Crippen molar-refractivity contribution in [3.8, 4) is 0 Å². The van der Waals surface area contributed by atoms with Crippen molar-refractivity contribution in [2.24, 2.45) is 0 Å². The van der Waals surface area contributed by atoms with Gasteiger partial charge in [-0.05, 0) is 51.3 Å². The van der Waals surface area contributed by atoms with Crippen molar-refractivity contribution in [2.45, 2.75) is 0 Å². The number of hydrogen-bond acceptors (Lipinski definition) is 2. The fourth-order valence-corrected chi connectivity index (χ4v) is 1.41. The van der Waals surface area contributed by atoms with Crippen LogP contribution in [0.3, 0.4) is 0 Å². The van der Waals surface area contributed by atoms with Crippen LogP contribution >= 0.6 is 45.2 Å². The van der Waals surface area contributed by atoms with Crippen LogP contribution in [0.4, 0.5) is 0 Å². The number of hydrogen-bond donors (Lipinski definition) is 2. The minimum Gasteiger partial charge on any atom is -0.308 e. The lowest BCUT2D eigenvalue weighted by Gasteiger charge is -1.81. The largest absolute Gasteiger partial charge is 0.308 e. The molecular weight excluding hydrogens is 330 g/mol. The van der Waals surface area contributed by atoms with Crippen LogP contribution in [-0.4, -0.2) is 9.93 Å². The highest BCUT2D eigenvalue weighted by Crippen LogP contribution is 2.03. The van der Waals surface area contributed by atoms with E-state index in [0.29, 0.717) is 3.72 Å². The molecule has 4 heteroatoms. The molecule has 0 spiro atoms. The SMILES string of the molecule is N=C/C(I)=C\C(=N)I. The summed E-state index contributed by atoms with van der Waals surface area (Å²) in [5.41, 5.74) is 0. The van der Waals surface area contributed by atoms with Gasteiger partial charge >= 0.3 is 0 Å². The summed E-state index contributed by atoms with van der Waals surface area (Å²) in [4.78, 5) is 0. The highest BCUT2D eigenvalue weighted by molar-refractivity contribution is 14.1. The maximum absolute atomic E-state index is 6.93. The Hall–Kier alpha value is 0.540. The second-order valence-corrected chi connectivity index (χ2v) is 3.43. The predicted molar refractivity (Wildman–Crippen MR) is 52.6 cm³/mol. The lowest BCUT2D eigenvalue weighted by molar-refractivity contribution is 1.56. The van der Waals surface area contributed by atoms with Crippen molar-refractivity contribution >= 4 is 55.1 Å². The van der Waals surface area contributed by atoms with Crippen molar-refractivity contribution in [1.82, 2.24) is 0 Å². The Balaban J connectivity index is 3.94. The number of nitrogens with one attached hydrogen (secondary N) is 2. The molecule has 0 aromatic carbocycles. The minimum atomic E-state index is 0.454. The van der Waals surface area contributed by atoms with Gasteiger partial charge in [0, 0.05) is 9.79 Å². The van der Waals surface area contributed by atoms with Gasteiger partial charge < -0.3 is 5.41 Å². The molecule has 0 aromatic rings. The molecule has 8 heavy (non-hydrogen) atoms. The van der Waals surface area contributed by atoms with E-state index in [4.69, 9.17) is 10.8 Å². The van der Waals surface area contributed by atoms with Gasteiger partial charge in [-0.3, -0.25) is 5.41 Å². The van der Waals surface area contributed by atoms with Gasteiger partial charge in [-0.15, -0.1) is 0 Å². The third-order valence-electron chi connectivity index (χ3n) is 0.402. The van der Waals surface area contributed by atoms with Crippen LogP contribution < -0.4 is 0 Å². The Morgan fingerprint density at radius 3 is 2.00 bits per heavy atom. The van der Waals surface area contributed by atoms with E-state index in [2.05, 4.69) is 0 Å². The summed E-state index contributed by atoms with van der Waals surface area (Å²) < 4.78 is 1.23. The van der Waals surface area contributed by atoms with E-state index in [9.17, 15) is 0 Å². The van der Waals surface area contributed by atoms with E-state index in [1.807, 2.05) is 45.2 Å². The molecule has 0 unspecified atom stereocenters. The van der Waals surface area contributed by atoms with Crippen molar-refractivity contribution < 1.29 is 0 Å². The van der Waals surface area contributed by atoms with Gasteiger partial charge in [0.15, 0.2) is 0 Å². The first-order chi connectivity index (χ1) is 3.66. The lowest BCUT2D eigenvalue weighted by atomic mass is 10.5. The van der Waals surface area contributed by atoms with Gasteiger partial charge in [-0.1, -0.05) is 0 Å². The van der Waals surface area contributed by atoms with Crippen LogP contribution in [0.15, 0.2) is 9.66 Å². The molecule has 0 saturated carbocycles. The van der Waals surface area contributed by atoms with Crippen molar-refractivity contribution in [3.63, 3.8) is 0 Å². The molecule has 2 N–H and O–H groups in total. The Morgan fingerprint density at radius 1 is 1.38 bits per heavy atom. The van der Waals surface area contributed by atoms with Crippen LogP contribution in [0.5, 0.6) is 0 Å². The lowest BCUT2D eigenvalue weighted by Crippen LogP contribution is -1.76. The standard InChI is InChI=1S/C4H4I2N2/c5-3(2-7)1-4(6)8/h1-2,7-8H/b3-1+,7-2?,8-4?. The first-order valence-electron chi connectivity index (χ1n) is 1.78. The summed E-state index contributed by atoms with van der Waals surface area (Å²) in [7, 11) is 0. The summed E-state index contributed by atoms with van der Waals surface area (Å²) in [5, 5.41) is 13.6. The molecule has 0 aromatic heterocycles. The first kappa shape index (κ1) is 8.54. The summed E-state index contributed by atoms with van der Waals surface area (Å²) in [6.07, 6.45) is 2.84. The number of halogens is 2. The molecule has 44 valence electrons. The van der Waals surface area contributed by atoms with E-state index in [1.54, 1.807) is 6.08 Å². The van der Waals surface area contributed by atoms with Gasteiger partial charge in [0.1, 0.15) is 0 Å². The van der Waals surface area contributed by atoms with Gasteiger partial charge in [0.25, 0.3) is 0 Å². The average molecular weight is 334 g/mol. The van der Waals surface area contributed by atoms with Crippen molar-refractivity contribution in [1.29, 1.82) is 10.8 Å². The molecule has 2 nitrogen and oxygen atoms in total. The van der Waals surface area contributed by atoms with Crippen LogP contribution in [0.1, 0.15) is 0 Å². The van der Waals surface area contributed by atoms with Crippen LogP contribution in [0, 0.1) is 10.8 Å². The zero-order valence-corrected chi connectivity index (χ0v) is 8.23. The van der Waals surface area contributed by atoms with Crippen LogP contribution in [-0.2, 0) is 0 Å². The molecule has 0 heterocycles. The maximum Gasteiger partial charge on any atom is 0.0930 e. The Bertz CT molecular complexity index is 139. The molecule has 0 fully saturated rings. The van der Waals surface area contributed by atoms with E-state index < -0.39 is 0 Å². The third-order valence-corrected chi connectivity index (χ3v) is 1.34. The molecule has 0 aliphatic carbocycles. The number of allylic oxidation sites excluding steroid dienone is 2. The van der Waals surface area contributed by atoms with Gasteiger partial charge in [0.2, 0.25) is 0 Å². The highest BCUT2D eigenvalue weighted by Gasteiger charge is 1.83. The fraction of sp³-hybridized carbons (Fsp3) is 0. The second kappa shape index (κ2) is 4.42. The molecule has 0 atom stereocenters. The molecule has 0 bridgehead atoms. The Labute approximate surface area is 75.0 Å². The summed E-state index contributed by atoms with van der Waals surface area (Å²) in [5.74, 6) is 0. The van der Waals surface area contributed by atoms with Gasteiger partial charge in [0.05, 0.1) is 3.72 Å². The zero-order chi connectivity index (χ0) is 6.57. The van der Waals surface area contributed by atoms with E-state index in [-0.39, 0.29) is 0 Å². The average Bonchev–Trinajstić information content (AvgIpc) is 1.65. The summed E-state index contributed by atoms with van der Waals surface area (Å²) >= 11 is 3.87. The molecule has 0 radical (unpaired) electrons. The van der Waals surface area contributed by atoms with Crippen LogP contribution in [0.2, 0.25) is 0 Å². The molecule has 0 amide bonds. The van der Waals surface area contributed by atoms with E-state index >= 15 is 0 Å². The summed E-state index contributed by atoms with van der Waals surface area (Å²) in [6, 6.07) is 0. The van der Waals surface area contributed by atoms with Crippen molar-refractivity contribution in [2.75, 3.05) is 0 Å². The Kier molecular flexibility index (Phi) is 4.72. The molecule has 0 aliphatic heterocycles. The Morgan fingerprint density at radius 2 is 1.88 bits per heavy atom. The predicted octanol–water partition coefficient (Wildman–Crippen LogP) is 2.37. The van der Waals surface area contributed by atoms with E-state index in [0.717, 1.165) is 3.58 Å². The first-order valence-corrected chi connectivity index (χ1v) is 3.94. The zero-order valence-electron chi connectivity index (χ0n) is 3.91. The fourth-order valence-electron chi connectivity index (χ4n) is 0.163. The normalized spacial score (nSPS) is 11.0. The van der Waals surface area contributed by atoms with E-state index in [1.165, 1.54) is 6.21 Å². The number of rotatable bonds is 2. The molecule has 0 rings (SSSR count). The monoisotopic (exact) mass is 334 g/mol. The van der Waals surface area contributed by atoms with Gasteiger partial charge in [-0.25, -0.2) is 0 Å². The van der Waals surface area contributed by atoms with Gasteiger partial charge in [-0.2, -0.15) is 0 Å². The highest BCUT2D eigenvalue weighted by atomic mass is 127. The third kappa shape index (κ3) is 4.69. The topological polar surface area (TPSA) is 47.7 Å². The minimum absolute atomic E-state index is 0.454. The smallest absolute Gasteiger partial charge is 0.0930 e. The quantitative estimate of drug-likeness (QED) is 0.576.